The van der Waals surface area contributed by atoms with Gasteiger partial charge in [-0.25, -0.2) is 0 Å². The minimum atomic E-state index is -1.23. The maximum atomic E-state index is 13.2. The highest BCUT2D eigenvalue weighted by Gasteiger charge is 2.40. The summed E-state index contributed by atoms with van der Waals surface area (Å²) in [4.78, 5) is 52.9. The first-order valence-corrected chi connectivity index (χ1v) is 18.3. The lowest BCUT2D eigenvalue weighted by Gasteiger charge is -2.33. The third kappa shape index (κ3) is 17.4. The van der Waals surface area contributed by atoms with E-state index in [1.54, 1.807) is 0 Å². The van der Waals surface area contributed by atoms with Gasteiger partial charge in [-0.2, -0.15) is 0 Å². The molecule has 0 saturated heterocycles. The largest absolute Gasteiger partial charge is 0.464 e. The molecule has 0 aromatic heterocycles. The highest BCUT2D eigenvalue weighted by atomic mass is 16.6. The Morgan fingerprint density at radius 2 is 0.600 bits per heavy atom. The normalized spacial score (nSPS) is 14.2. The van der Waals surface area contributed by atoms with Crippen molar-refractivity contribution in [3.05, 3.63) is 0 Å². The van der Waals surface area contributed by atoms with Crippen LogP contribution in [0.4, 0.5) is 0 Å². The van der Waals surface area contributed by atoms with Gasteiger partial charge in [0.05, 0.1) is 23.7 Å². The zero-order chi connectivity index (χ0) is 34.1. The van der Waals surface area contributed by atoms with Crippen molar-refractivity contribution in [1.82, 2.24) is 0 Å². The molecule has 0 aliphatic carbocycles. The molecule has 8 heteroatoms. The zero-order valence-electron chi connectivity index (χ0n) is 30.2. The molecule has 0 aliphatic heterocycles. The summed E-state index contributed by atoms with van der Waals surface area (Å²) >= 11 is 0. The van der Waals surface area contributed by atoms with Gasteiger partial charge in [-0.1, -0.05) is 107 Å². The molecule has 4 atom stereocenters. The van der Waals surface area contributed by atoms with Crippen molar-refractivity contribution in [2.24, 2.45) is 29.1 Å². The molecule has 0 rings (SSSR count). The second kappa shape index (κ2) is 26.0. The van der Waals surface area contributed by atoms with Crippen LogP contribution in [0.15, 0.2) is 0 Å². The van der Waals surface area contributed by atoms with Gasteiger partial charge in [0.1, 0.15) is 31.8 Å². The van der Waals surface area contributed by atoms with Crippen molar-refractivity contribution >= 4 is 23.9 Å². The van der Waals surface area contributed by atoms with Crippen LogP contribution in [0, 0.1) is 29.1 Å². The first kappa shape index (κ1) is 42.9. The number of carbonyl (C=O) groups excluding carboxylic acids is 4. The fraction of sp³-hybridized carbons (Fsp3) is 0.892. The third-order valence-electron chi connectivity index (χ3n) is 9.01. The van der Waals surface area contributed by atoms with Crippen LogP contribution < -0.4 is 0 Å². The van der Waals surface area contributed by atoms with E-state index in [4.69, 9.17) is 18.9 Å². The number of hydrogen-bond acceptors (Lipinski definition) is 8. The molecule has 0 fully saturated rings. The summed E-state index contributed by atoms with van der Waals surface area (Å²) in [6.45, 7) is 15.4. The summed E-state index contributed by atoms with van der Waals surface area (Å²) in [6, 6.07) is 0. The van der Waals surface area contributed by atoms with Gasteiger partial charge in [-0.15, -0.1) is 0 Å². The van der Waals surface area contributed by atoms with Gasteiger partial charge in [-0.3, -0.25) is 19.2 Å². The third-order valence-corrected chi connectivity index (χ3v) is 9.01. The van der Waals surface area contributed by atoms with Crippen LogP contribution in [0.1, 0.15) is 158 Å². The molecule has 0 radical (unpaired) electrons. The predicted octanol–water partition coefficient (Wildman–Crippen LogP) is 9.01. The monoisotopic (exact) mass is 640 g/mol. The summed E-state index contributed by atoms with van der Waals surface area (Å²) in [5, 5.41) is 0. The van der Waals surface area contributed by atoms with Crippen molar-refractivity contribution in [3.63, 3.8) is 0 Å². The molecule has 0 saturated carbocycles. The summed E-state index contributed by atoms with van der Waals surface area (Å²) < 4.78 is 23.6. The smallest absolute Gasteiger partial charge is 0.308 e. The number of carbonyl (C=O) groups is 4. The topological polar surface area (TPSA) is 105 Å². The molecule has 0 spiro atoms. The van der Waals surface area contributed by atoms with Crippen molar-refractivity contribution in [3.8, 4) is 0 Å². The minimum Gasteiger partial charge on any atom is -0.464 e. The van der Waals surface area contributed by atoms with Gasteiger partial charge in [0.15, 0.2) is 0 Å². The number of esters is 4. The minimum absolute atomic E-state index is 0.189. The summed E-state index contributed by atoms with van der Waals surface area (Å²) in [5.74, 6) is -2.38. The van der Waals surface area contributed by atoms with Gasteiger partial charge in [0.2, 0.25) is 0 Å². The van der Waals surface area contributed by atoms with Crippen LogP contribution in [-0.4, -0.2) is 50.3 Å². The molecule has 0 unspecified atom stereocenters. The second-order valence-electron chi connectivity index (χ2n) is 12.9. The molecule has 0 aromatic rings. The average Bonchev–Trinajstić information content (AvgIpc) is 3.05. The lowest BCUT2D eigenvalue weighted by atomic mass is 9.91. The quantitative estimate of drug-likeness (QED) is 0.0616. The van der Waals surface area contributed by atoms with E-state index in [-0.39, 0.29) is 74.0 Å². The Labute approximate surface area is 275 Å². The van der Waals surface area contributed by atoms with E-state index in [1.165, 1.54) is 0 Å². The molecule has 8 nitrogen and oxygen atoms in total. The first-order valence-electron chi connectivity index (χ1n) is 18.3. The van der Waals surface area contributed by atoms with E-state index in [9.17, 15) is 19.2 Å². The predicted molar refractivity (Wildman–Crippen MR) is 179 cm³/mol. The van der Waals surface area contributed by atoms with Crippen molar-refractivity contribution < 1.29 is 38.1 Å². The van der Waals surface area contributed by atoms with Crippen LogP contribution in [0.2, 0.25) is 0 Å². The van der Waals surface area contributed by atoms with Crippen LogP contribution in [0.5, 0.6) is 0 Å². The van der Waals surface area contributed by atoms with Crippen molar-refractivity contribution in [1.29, 1.82) is 0 Å². The SMILES string of the molecule is CCCC[C@H](CC)C(=O)OCC(COC(=O)[C@@H](CC)CCCC)(COC(=O)[C@@H](CC)CCCC)COC(=O)[C@@H](CC)CCCC. The van der Waals surface area contributed by atoms with Gasteiger partial charge in [-0.05, 0) is 51.4 Å². The second-order valence-corrected chi connectivity index (χ2v) is 12.9. The van der Waals surface area contributed by atoms with Crippen LogP contribution in [-0.2, 0) is 38.1 Å². The molecular weight excluding hydrogens is 572 g/mol. The Morgan fingerprint density at radius 3 is 0.756 bits per heavy atom. The Balaban J connectivity index is 6.32. The molecular formula is C37H68O8. The maximum absolute atomic E-state index is 13.2. The van der Waals surface area contributed by atoms with Gasteiger partial charge >= 0.3 is 23.9 Å². The molecule has 0 N–H and O–H groups in total. The van der Waals surface area contributed by atoms with E-state index in [0.29, 0.717) is 25.7 Å². The van der Waals surface area contributed by atoms with E-state index in [1.807, 2.05) is 27.7 Å². The maximum Gasteiger partial charge on any atom is 0.308 e. The highest BCUT2D eigenvalue weighted by Crippen LogP contribution is 2.27. The lowest BCUT2D eigenvalue weighted by Crippen LogP contribution is -2.45. The Kier molecular flexibility index (Phi) is 24.8. The number of ether oxygens (including phenoxy) is 4. The molecule has 0 amide bonds. The lowest BCUT2D eigenvalue weighted by molar-refractivity contribution is -0.176. The van der Waals surface area contributed by atoms with Gasteiger partial charge in [0, 0.05) is 0 Å². The zero-order valence-corrected chi connectivity index (χ0v) is 30.2. The van der Waals surface area contributed by atoms with Crippen LogP contribution >= 0.6 is 0 Å². The fourth-order valence-corrected chi connectivity index (χ4v) is 5.37. The van der Waals surface area contributed by atoms with E-state index in [0.717, 1.165) is 77.0 Å². The summed E-state index contributed by atoms with van der Waals surface area (Å²) in [7, 11) is 0. The summed E-state index contributed by atoms with van der Waals surface area (Å²) in [5.41, 5.74) is -1.23. The van der Waals surface area contributed by atoms with E-state index in [2.05, 4.69) is 27.7 Å². The first-order chi connectivity index (χ1) is 21.6. The molecule has 0 heterocycles. The number of hydrogen-bond donors (Lipinski definition) is 0. The summed E-state index contributed by atoms with van der Waals surface area (Å²) in [6.07, 6.45) is 13.0. The molecule has 0 aromatic carbocycles. The molecule has 264 valence electrons. The van der Waals surface area contributed by atoms with Gasteiger partial charge < -0.3 is 18.9 Å². The van der Waals surface area contributed by atoms with Crippen molar-refractivity contribution in [2.75, 3.05) is 26.4 Å². The highest BCUT2D eigenvalue weighted by molar-refractivity contribution is 5.74. The molecule has 0 aliphatic rings. The Hall–Kier alpha value is -2.12. The van der Waals surface area contributed by atoms with E-state index < -0.39 is 5.41 Å². The number of rotatable bonds is 28. The standard InChI is InChI=1S/C37H68O8/c1-9-17-21-29(13-5)33(38)42-25-37(26-43-34(39)30(14-6)22-18-10-2,27-44-35(40)31(15-7)23-19-11-3)28-45-36(41)32(16-8)24-20-12-4/h29-32H,9-28H2,1-8H3/t29-,30-,31-,32-/m0/s1. The molecule has 0 bridgehead atoms. The Morgan fingerprint density at radius 1 is 0.400 bits per heavy atom. The van der Waals surface area contributed by atoms with Crippen LogP contribution in [0.3, 0.4) is 0 Å². The van der Waals surface area contributed by atoms with E-state index >= 15 is 0 Å². The Bertz CT molecular complexity index is 677. The van der Waals surface area contributed by atoms with Crippen LogP contribution in [0.25, 0.3) is 0 Å². The van der Waals surface area contributed by atoms with Gasteiger partial charge in [0.25, 0.3) is 0 Å². The number of unbranched alkanes of at least 4 members (excludes halogenated alkanes) is 4. The fourth-order valence-electron chi connectivity index (χ4n) is 5.37. The average molecular weight is 641 g/mol. The van der Waals surface area contributed by atoms with Crippen molar-refractivity contribution in [2.45, 2.75) is 158 Å². The molecule has 45 heavy (non-hydrogen) atoms.